The van der Waals surface area contributed by atoms with Gasteiger partial charge in [-0.3, -0.25) is 0 Å². The first kappa shape index (κ1) is 18.9. The zero-order valence-corrected chi connectivity index (χ0v) is 17.1. The number of hydrogen-bond donors (Lipinski definition) is 0. The van der Waals surface area contributed by atoms with Crippen molar-refractivity contribution in [3.8, 4) is 11.3 Å². The first-order valence-electron chi connectivity index (χ1n) is 10.3. The monoisotopic (exact) mass is 405 g/mol. The second-order valence-corrected chi connectivity index (χ2v) is 7.93. The molecule has 0 amide bonds. The van der Waals surface area contributed by atoms with Crippen LogP contribution in [-0.4, -0.2) is 37.8 Å². The van der Waals surface area contributed by atoms with E-state index in [0.29, 0.717) is 11.4 Å². The van der Waals surface area contributed by atoms with Gasteiger partial charge in [0.25, 0.3) is 0 Å². The molecule has 6 nitrogen and oxygen atoms in total. The zero-order valence-electron chi connectivity index (χ0n) is 17.1. The van der Waals surface area contributed by atoms with Crippen LogP contribution in [0.1, 0.15) is 30.1 Å². The minimum absolute atomic E-state index is 0.0699. The second kappa shape index (κ2) is 7.65. The molecule has 0 aliphatic carbocycles. The number of ether oxygens (including phenoxy) is 1. The average Bonchev–Trinajstić information content (AvgIpc) is 3.33. The number of halogens is 1. The van der Waals surface area contributed by atoms with Crippen LogP contribution in [0.2, 0.25) is 0 Å². The summed E-state index contributed by atoms with van der Waals surface area (Å²) in [6.45, 7) is 3.39. The van der Waals surface area contributed by atoms with Gasteiger partial charge in [0, 0.05) is 25.8 Å². The van der Waals surface area contributed by atoms with Crippen LogP contribution in [-0.2, 0) is 11.8 Å². The molecular formula is C23H24FN5O. The van der Waals surface area contributed by atoms with Crippen LogP contribution < -0.4 is 0 Å². The van der Waals surface area contributed by atoms with Gasteiger partial charge in [-0.15, -0.1) is 5.10 Å². The molecule has 5 rings (SSSR count). The Morgan fingerprint density at radius 2 is 1.90 bits per heavy atom. The SMILES string of the molecule is Cc1nnn(C)c1-c1cc(F)c2ncn([C@@H](c3ccccc3)C3CCOCC3)c2c1. The van der Waals surface area contributed by atoms with Crippen LogP contribution in [0, 0.1) is 18.7 Å². The van der Waals surface area contributed by atoms with Gasteiger partial charge >= 0.3 is 0 Å². The molecule has 1 atom stereocenters. The summed E-state index contributed by atoms with van der Waals surface area (Å²) in [6, 6.07) is 14.0. The number of fused-ring (bicyclic) bond motifs is 1. The Morgan fingerprint density at radius 1 is 1.13 bits per heavy atom. The highest BCUT2D eigenvalue weighted by molar-refractivity contribution is 5.82. The molecule has 0 spiro atoms. The van der Waals surface area contributed by atoms with Crippen LogP contribution in [0.3, 0.4) is 0 Å². The van der Waals surface area contributed by atoms with Crippen molar-refractivity contribution in [1.82, 2.24) is 24.5 Å². The Morgan fingerprint density at radius 3 is 2.60 bits per heavy atom. The van der Waals surface area contributed by atoms with Gasteiger partial charge in [0.05, 0.1) is 29.3 Å². The van der Waals surface area contributed by atoms with Gasteiger partial charge in [-0.25, -0.2) is 14.1 Å². The number of benzene rings is 2. The predicted molar refractivity (Wildman–Crippen MR) is 113 cm³/mol. The third-order valence-corrected chi connectivity index (χ3v) is 6.05. The maximum absolute atomic E-state index is 15.1. The lowest BCUT2D eigenvalue weighted by molar-refractivity contribution is 0.0547. The van der Waals surface area contributed by atoms with Crippen molar-refractivity contribution < 1.29 is 9.13 Å². The number of nitrogens with zero attached hydrogens (tertiary/aromatic N) is 5. The van der Waals surface area contributed by atoms with Gasteiger partial charge in [-0.2, -0.15) is 0 Å². The zero-order chi connectivity index (χ0) is 20.7. The summed E-state index contributed by atoms with van der Waals surface area (Å²) < 4.78 is 24.5. The molecule has 0 saturated carbocycles. The van der Waals surface area contributed by atoms with E-state index in [9.17, 15) is 0 Å². The molecule has 2 aromatic heterocycles. The molecule has 154 valence electrons. The summed E-state index contributed by atoms with van der Waals surface area (Å²) in [5, 5.41) is 8.20. The van der Waals surface area contributed by atoms with Crippen molar-refractivity contribution in [2.75, 3.05) is 13.2 Å². The van der Waals surface area contributed by atoms with E-state index in [1.807, 2.05) is 26.1 Å². The largest absolute Gasteiger partial charge is 0.381 e. The summed E-state index contributed by atoms with van der Waals surface area (Å²) in [5.74, 6) is 0.0611. The maximum atomic E-state index is 15.1. The Kier molecular flexibility index (Phi) is 4.83. The molecule has 7 heteroatoms. The van der Waals surface area contributed by atoms with Crippen LogP contribution >= 0.6 is 0 Å². The molecule has 0 bridgehead atoms. The molecule has 0 unspecified atom stereocenters. The molecule has 1 fully saturated rings. The molecule has 4 aromatic rings. The lowest BCUT2D eigenvalue weighted by atomic mass is 9.86. The van der Waals surface area contributed by atoms with Crippen molar-refractivity contribution in [3.63, 3.8) is 0 Å². The predicted octanol–water partition coefficient (Wildman–Crippen LogP) is 4.30. The van der Waals surface area contributed by atoms with Gasteiger partial charge in [0.2, 0.25) is 0 Å². The minimum atomic E-state index is -0.333. The van der Waals surface area contributed by atoms with Crippen LogP contribution in [0.5, 0.6) is 0 Å². The van der Waals surface area contributed by atoms with Crippen molar-refractivity contribution in [2.24, 2.45) is 13.0 Å². The Balaban J connectivity index is 1.70. The maximum Gasteiger partial charge on any atom is 0.151 e. The lowest BCUT2D eigenvalue weighted by Gasteiger charge is -2.32. The number of imidazole rings is 1. The molecule has 0 radical (unpaired) electrons. The lowest BCUT2D eigenvalue weighted by Crippen LogP contribution is -2.26. The van der Waals surface area contributed by atoms with E-state index in [2.05, 4.69) is 44.1 Å². The van der Waals surface area contributed by atoms with E-state index in [1.54, 1.807) is 11.0 Å². The first-order chi connectivity index (χ1) is 14.6. The summed E-state index contributed by atoms with van der Waals surface area (Å²) >= 11 is 0. The quantitative estimate of drug-likeness (QED) is 0.508. The standard InChI is InChI=1S/C23H24FN5O/c1-15-22(28(2)27-26-15)18-12-19(24)21-20(13-18)29(14-25-21)23(16-6-4-3-5-7-16)17-8-10-30-11-9-17/h3-7,12-14,17,23H,8-11H2,1-2H3/t23-/m0/s1. The van der Waals surface area contributed by atoms with Gasteiger partial charge in [0.15, 0.2) is 5.82 Å². The van der Waals surface area contributed by atoms with E-state index in [-0.39, 0.29) is 11.9 Å². The Labute approximate surface area is 174 Å². The van der Waals surface area contributed by atoms with E-state index < -0.39 is 0 Å². The van der Waals surface area contributed by atoms with Gasteiger partial charge in [0.1, 0.15) is 5.52 Å². The highest BCUT2D eigenvalue weighted by Crippen LogP contribution is 2.37. The second-order valence-electron chi connectivity index (χ2n) is 7.93. The van der Waals surface area contributed by atoms with E-state index >= 15 is 4.39 Å². The third kappa shape index (κ3) is 3.19. The summed E-state index contributed by atoms with van der Waals surface area (Å²) in [5.41, 5.74) is 4.71. The summed E-state index contributed by atoms with van der Waals surface area (Å²) in [4.78, 5) is 4.45. The molecule has 3 heterocycles. The van der Waals surface area contributed by atoms with Crippen molar-refractivity contribution in [2.45, 2.75) is 25.8 Å². The van der Waals surface area contributed by atoms with Crippen LogP contribution in [0.15, 0.2) is 48.8 Å². The van der Waals surface area contributed by atoms with E-state index in [1.165, 1.54) is 11.6 Å². The van der Waals surface area contributed by atoms with Gasteiger partial charge in [-0.05, 0) is 43.4 Å². The first-order valence-corrected chi connectivity index (χ1v) is 10.3. The van der Waals surface area contributed by atoms with Crippen LogP contribution in [0.4, 0.5) is 4.39 Å². The normalized spacial score (nSPS) is 16.2. The average molecular weight is 405 g/mol. The topological polar surface area (TPSA) is 57.8 Å². The minimum Gasteiger partial charge on any atom is -0.381 e. The third-order valence-electron chi connectivity index (χ3n) is 6.05. The fraction of sp³-hybridized carbons (Fsp3) is 0.348. The molecule has 0 N–H and O–H groups in total. The van der Waals surface area contributed by atoms with Crippen molar-refractivity contribution in [1.29, 1.82) is 0 Å². The molecule has 1 aliphatic rings. The smallest absolute Gasteiger partial charge is 0.151 e. The highest BCUT2D eigenvalue weighted by Gasteiger charge is 2.29. The number of hydrogen-bond acceptors (Lipinski definition) is 4. The number of rotatable bonds is 4. The highest BCUT2D eigenvalue weighted by atomic mass is 19.1. The number of aryl methyl sites for hydroxylation is 2. The molecule has 30 heavy (non-hydrogen) atoms. The molecule has 1 saturated heterocycles. The fourth-order valence-corrected chi connectivity index (χ4v) is 4.65. The Bertz CT molecular complexity index is 1160. The van der Waals surface area contributed by atoms with Gasteiger partial charge < -0.3 is 9.30 Å². The van der Waals surface area contributed by atoms with E-state index in [0.717, 1.165) is 48.5 Å². The summed E-state index contributed by atoms with van der Waals surface area (Å²) in [7, 11) is 1.82. The van der Waals surface area contributed by atoms with Gasteiger partial charge in [-0.1, -0.05) is 35.5 Å². The number of aromatic nitrogens is 5. The van der Waals surface area contributed by atoms with Crippen molar-refractivity contribution in [3.05, 3.63) is 65.9 Å². The Hall–Kier alpha value is -3.06. The molecule has 1 aliphatic heterocycles. The summed E-state index contributed by atoms with van der Waals surface area (Å²) in [6.07, 6.45) is 3.71. The van der Waals surface area contributed by atoms with Crippen molar-refractivity contribution >= 4 is 11.0 Å². The molecular weight excluding hydrogens is 381 g/mol. The van der Waals surface area contributed by atoms with Crippen LogP contribution in [0.25, 0.3) is 22.3 Å². The fourth-order valence-electron chi connectivity index (χ4n) is 4.65. The van der Waals surface area contributed by atoms with E-state index in [4.69, 9.17) is 4.74 Å². The molecule has 2 aromatic carbocycles.